The number of hydrogen-bond acceptors (Lipinski definition) is 4. The van der Waals surface area contributed by atoms with Gasteiger partial charge in [0.25, 0.3) is 0 Å². The van der Waals surface area contributed by atoms with Crippen molar-refractivity contribution in [2.75, 3.05) is 0 Å². The van der Waals surface area contributed by atoms with E-state index in [2.05, 4.69) is 9.98 Å². The molecule has 0 aliphatic rings. The Balaban J connectivity index is 1.86. The third kappa shape index (κ3) is 3.66. The van der Waals surface area contributed by atoms with Gasteiger partial charge in [-0.3, -0.25) is 4.99 Å². The Morgan fingerprint density at radius 2 is 1.83 bits per heavy atom. The number of benzene rings is 2. The van der Waals surface area contributed by atoms with E-state index in [1.54, 1.807) is 0 Å². The van der Waals surface area contributed by atoms with Gasteiger partial charge in [0.05, 0.1) is 12.3 Å². The molecule has 24 heavy (non-hydrogen) atoms. The number of hydrogen-bond donors (Lipinski definition) is 1. The highest BCUT2D eigenvalue weighted by atomic mass is 35.5. The lowest BCUT2D eigenvalue weighted by molar-refractivity contribution is 0.336. The molecule has 3 rings (SSSR count). The molecule has 0 bridgehead atoms. The van der Waals surface area contributed by atoms with Gasteiger partial charge < -0.3 is 9.52 Å². The molecule has 0 amide bonds. The van der Waals surface area contributed by atoms with Crippen molar-refractivity contribution in [2.45, 2.75) is 19.9 Å². The Morgan fingerprint density at radius 1 is 1.12 bits per heavy atom. The molecule has 0 fully saturated rings. The van der Waals surface area contributed by atoms with Gasteiger partial charge in [-0.15, -0.1) is 0 Å². The molecule has 3 aromatic rings. The number of nitrogens with zero attached hydrogens (tertiary/aromatic N) is 2. The van der Waals surface area contributed by atoms with Crippen LogP contribution in [0.3, 0.4) is 0 Å². The van der Waals surface area contributed by atoms with Crippen LogP contribution < -0.4 is 0 Å². The maximum absolute atomic E-state index is 10.1. The topological polar surface area (TPSA) is 58.6 Å². The zero-order chi connectivity index (χ0) is 16.9. The molecule has 0 spiro atoms. The highest BCUT2D eigenvalue weighted by Gasteiger charge is 2.17. The van der Waals surface area contributed by atoms with Gasteiger partial charge in [-0.25, -0.2) is 4.98 Å². The number of oxazole rings is 1. The minimum atomic E-state index is -0.203. The highest BCUT2D eigenvalue weighted by molar-refractivity contribution is 6.30. The molecule has 0 atom stereocenters. The molecular formula is C19H17ClN2O2. The maximum Gasteiger partial charge on any atom is 0.312 e. The largest absolute Gasteiger partial charge is 0.479 e. The van der Waals surface area contributed by atoms with Crippen LogP contribution in [0.2, 0.25) is 5.02 Å². The quantitative estimate of drug-likeness (QED) is 0.657. The van der Waals surface area contributed by atoms with Gasteiger partial charge in [0.15, 0.2) is 5.69 Å². The summed E-state index contributed by atoms with van der Waals surface area (Å²) >= 11 is 5.89. The number of halogens is 1. The van der Waals surface area contributed by atoms with Crippen molar-refractivity contribution >= 4 is 17.3 Å². The van der Waals surface area contributed by atoms with Crippen molar-refractivity contribution in [2.24, 2.45) is 4.99 Å². The number of aromatic nitrogens is 1. The lowest BCUT2D eigenvalue weighted by atomic mass is 10.2. The fourth-order valence-corrected chi connectivity index (χ4v) is 2.46. The average molecular weight is 341 g/mol. The summed E-state index contributed by atoms with van der Waals surface area (Å²) in [4.78, 5) is 8.98. The standard InChI is InChI=1S/C19H17ClN2O2/c1-2-16(21-12-13-8-10-15(20)11-9-13)17-19(23)24-18(22-17)14-6-4-3-5-7-14/h3-11,23H,2,12H2,1H3. The van der Waals surface area contributed by atoms with Crippen LogP contribution in [0, 0.1) is 0 Å². The van der Waals surface area contributed by atoms with Crippen LogP contribution in [0.4, 0.5) is 0 Å². The molecule has 0 unspecified atom stereocenters. The van der Waals surface area contributed by atoms with Crippen molar-refractivity contribution < 1.29 is 9.52 Å². The van der Waals surface area contributed by atoms with Gasteiger partial charge in [0, 0.05) is 10.6 Å². The SMILES string of the molecule is CCC(=NCc1ccc(Cl)cc1)c1nc(-c2ccccc2)oc1O. The van der Waals surface area contributed by atoms with Gasteiger partial charge in [0.2, 0.25) is 5.89 Å². The second kappa shape index (κ2) is 7.32. The summed E-state index contributed by atoms with van der Waals surface area (Å²) in [6.07, 6.45) is 0.641. The Labute approximate surface area is 145 Å². The first kappa shape index (κ1) is 16.3. The van der Waals surface area contributed by atoms with Crippen molar-refractivity contribution in [1.29, 1.82) is 0 Å². The monoisotopic (exact) mass is 340 g/mol. The first-order valence-electron chi connectivity index (χ1n) is 7.70. The van der Waals surface area contributed by atoms with E-state index < -0.39 is 0 Å². The van der Waals surface area contributed by atoms with Gasteiger partial charge in [0.1, 0.15) is 0 Å². The predicted molar refractivity (Wildman–Crippen MR) is 95.6 cm³/mol. The molecule has 5 heteroatoms. The van der Waals surface area contributed by atoms with E-state index in [0.29, 0.717) is 35.3 Å². The molecule has 122 valence electrons. The Hall–Kier alpha value is -2.59. The molecule has 0 radical (unpaired) electrons. The summed E-state index contributed by atoms with van der Waals surface area (Å²) < 4.78 is 5.40. The lowest BCUT2D eigenvalue weighted by Gasteiger charge is -2.01. The molecule has 0 saturated heterocycles. The molecule has 4 nitrogen and oxygen atoms in total. The minimum absolute atomic E-state index is 0.203. The summed E-state index contributed by atoms with van der Waals surface area (Å²) in [6, 6.07) is 17.0. The van der Waals surface area contributed by atoms with Crippen LogP contribution in [0.1, 0.15) is 24.6 Å². The van der Waals surface area contributed by atoms with Gasteiger partial charge in [-0.05, 0) is 36.2 Å². The van der Waals surface area contributed by atoms with Crippen LogP contribution in [0.5, 0.6) is 5.95 Å². The zero-order valence-corrected chi connectivity index (χ0v) is 14.0. The fourth-order valence-electron chi connectivity index (χ4n) is 2.33. The third-order valence-corrected chi connectivity index (χ3v) is 3.86. The zero-order valence-electron chi connectivity index (χ0n) is 13.2. The first-order valence-corrected chi connectivity index (χ1v) is 8.08. The first-order chi connectivity index (χ1) is 11.7. The molecule has 0 aliphatic carbocycles. The summed E-state index contributed by atoms with van der Waals surface area (Å²) in [5.41, 5.74) is 2.95. The van der Waals surface area contributed by atoms with E-state index >= 15 is 0 Å². The normalized spacial score (nSPS) is 11.7. The van der Waals surface area contributed by atoms with E-state index in [1.165, 1.54) is 0 Å². The van der Waals surface area contributed by atoms with Crippen molar-refractivity contribution in [1.82, 2.24) is 4.98 Å². The second-order valence-electron chi connectivity index (χ2n) is 5.28. The fraction of sp³-hybridized carbons (Fsp3) is 0.158. The molecule has 0 aliphatic heterocycles. The smallest absolute Gasteiger partial charge is 0.312 e. The summed E-state index contributed by atoms with van der Waals surface area (Å²) in [5.74, 6) is 0.182. The minimum Gasteiger partial charge on any atom is -0.479 e. The van der Waals surface area contributed by atoms with Gasteiger partial charge >= 0.3 is 5.95 Å². The van der Waals surface area contributed by atoms with Crippen LogP contribution >= 0.6 is 11.6 Å². The summed E-state index contributed by atoms with van der Waals surface area (Å²) in [5, 5.41) is 10.8. The third-order valence-electron chi connectivity index (χ3n) is 3.60. The Morgan fingerprint density at radius 3 is 2.50 bits per heavy atom. The van der Waals surface area contributed by atoms with Gasteiger partial charge in [-0.2, -0.15) is 0 Å². The number of aromatic hydroxyl groups is 1. The summed E-state index contributed by atoms with van der Waals surface area (Å²) in [7, 11) is 0. The van der Waals surface area contributed by atoms with Crippen molar-refractivity contribution in [3.05, 3.63) is 70.9 Å². The van der Waals surface area contributed by atoms with Crippen LogP contribution in [0.15, 0.2) is 64.0 Å². The molecule has 1 N–H and O–H groups in total. The maximum atomic E-state index is 10.1. The molecular weight excluding hydrogens is 324 g/mol. The number of rotatable bonds is 5. The Kier molecular flexibility index (Phi) is 4.96. The molecule has 2 aromatic carbocycles. The molecule has 0 saturated carbocycles. The second-order valence-corrected chi connectivity index (χ2v) is 5.72. The van der Waals surface area contributed by atoms with Crippen LogP contribution in [0.25, 0.3) is 11.5 Å². The van der Waals surface area contributed by atoms with Crippen molar-refractivity contribution in [3.8, 4) is 17.4 Å². The Bertz CT molecular complexity index is 840. The average Bonchev–Trinajstić information content (AvgIpc) is 3.00. The van der Waals surface area contributed by atoms with E-state index in [9.17, 15) is 5.11 Å². The van der Waals surface area contributed by atoms with E-state index in [-0.39, 0.29) is 5.95 Å². The van der Waals surface area contributed by atoms with E-state index in [4.69, 9.17) is 16.0 Å². The lowest BCUT2D eigenvalue weighted by Crippen LogP contribution is -2.01. The van der Waals surface area contributed by atoms with E-state index in [0.717, 1.165) is 11.1 Å². The molecule has 1 aromatic heterocycles. The summed E-state index contributed by atoms with van der Waals surface area (Å²) in [6.45, 7) is 2.46. The van der Waals surface area contributed by atoms with Gasteiger partial charge in [-0.1, -0.05) is 48.9 Å². The number of aliphatic imine (C=N–C) groups is 1. The molecule has 1 heterocycles. The van der Waals surface area contributed by atoms with Crippen LogP contribution in [-0.4, -0.2) is 15.8 Å². The van der Waals surface area contributed by atoms with Crippen LogP contribution in [-0.2, 0) is 6.54 Å². The highest BCUT2D eigenvalue weighted by Crippen LogP contribution is 2.27. The van der Waals surface area contributed by atoms with E-state index in [1.807, 2.05) is 61.5 Å². The predicted octanol–water partition coefficient (Wildman–Crippen LogP) is 5.10. The van der Waals surface area contributed by atoms with Crippen molar-refractivity contribution in [3.63, 3.8) is 0 Å².